The van der Waals surface area contributed by atoms with Crippen LogP contribution in [0.4, 0.5) is 0 Å². The minimum Gasteiger partial charge on any atom is -0.480 e. The van der Waals surface area contributed by atoms with Gasteiger partial charge in [0.2, 0.25) is 5.91 Å². The summed E-state index contributed by atoms with van der Waals surface area (Å²) in [5.41, 5.74) is 0. The molecule has 0 saturated carbocycles. The molecule has 1 unspecified atom stereocenters. The first-order valence-electron chi connectivity index (χ1n) is 19.6. The van der Waals surface area contributed by atoms with E-state index in [4.69, 9.17) is 9.84 Å². The van der Waals surface area contributed by atoms with Gasteiger partial charge >= 0.3 is 11.9 Å². The highest BCUT2D eigenvalue weighted by Crippen LogP contribution is 2.18. The Hall–Kier alpha value is -2.37. The molecule has 0 aliphatic carbocycles. The Labute approximate surface area is 289 Å². The van der Waals surface area contributed by atoms with Crippen molar-refractivity contribution >= 4 is 17.8 Å². The summed E-state index contributed by atoms with van der Waals surface area (Å²) < 4.78 is 5.88. The summed E-state index contributed by atoms with van der Waals surface area (Å²) in [7, 11) is 0. The van der Waals surface area contributed by atoms with Crippen molar-refractivity contribution in [1.82, 2.24) is 5.32 Å². The highest BCUT2D eigenvalue weighted by molar-refractivity contribution is 5.80. The van der Waals surface area contributed by atoms with Gasteiger partial charge in [0, 0.05) is 12.8 Å². The van der Waals surface area contributed by atoms with E-state index in [9.17, 15) is 14.4 Å². The number of carboxylic acid groups (broad SMARTS) is 1. The highest BCUT2D eigenvalue weighted by Gasteiger charge is 2.14. The fourth-order valence-electron chi connectivity index (χ4n) is 5.64. The number of carboxylic acids is 1. The minimum atomic E-state index is -1.03. The van der Waals surface area contributed by atoms with Crippen LogP contribution in [0.2, 0.25) is 0 Å². The molecule has 1 atom stereocenters. The molecule has 0 saturated heterocycles. The number of esters is 1. The summed E-state index contributed by atoms with van der Waals surface area (Å²) in [5.74, 6) is -1.32. The summed E-state index contributed by atoms with van der Waals surface area (Å²) in [5, 5.41) is 11.0. The Morgan fingerprint density at radius 2 is 0.979 bits per heavy atom. The van der Waals surface area contributed by atoms with Gasteiger partial charge in [-0.05, 0) is 77.0 Å². The number of unbranched alkanes of at least 4 members (excludes halogenated alkanes) is 18. The molecule has 47 heavy (non-hydrogen) atoms. The number of carbonyl (C=O) groups is 3. The van der Waals surface area contributed by atoms with Gasteiger partial charge in [-0.1, -0.05) is 140 Å². The predicted octanol–water partition coefficient (Wildman–Crippen LogP) is 11.7. The Balaban J connectivity index is 3.80. The molecule has 0 aromatic carbocycles. The van der Waals surface area contributed by atoms with Crippen molar-refractivity contribution in [2.24, 2.45) is 0 Å². The van der Waals surface area contributed by atoms with Gasteiger partial charge < -0.3 is 15.2 Å². The van der Waals surface area contributed by atoms with Gasteiger partial charge in [0.05, 0.1) is 0 Å². The van der Waals surface area contributed by atoms with Crippen molar-refractivity contribution in [3.63, 3.8) is 0 Å². The number of amides is 1. The lowest BCUT2D eigenvalue weighted by atomic mass is 10.0. The number of aliphatic carboxylic acids is 1. The maximum Gasteiger partial charge on any atom is 0.322 e. The third-order valence-corrected chi connectivity index (χ3v) is 8.56. The van der Waals surface area contributed by atoms with Crippen molar-refractivity contribution in [1.29, 1.82) is 0 Å². The van der Waals surface area contributed by atoms with E-state index in [1.54, 1.807) is 0 Å². The van der Waals surface area contributed by atoms with Gasteiger partial charge in [-0.25, -0.2) is 0 Å². The lowest BCUT2D eigenvalue weighted by Gasteiger charge is -2.18. The summed E-state index contributed by atoms with van der Waals surface area (Å²) in [6.07, 6.45) is 44.4. The zero-order valence-corrected chi connectivity index (χ0v) is 30.6. The van der Waals surface area contributed by atoms with Gasteiger partial charge in [-0.15, -0.1) is 0 Å². The standard InChI is InChI=1S/C41H73NO5/c1-3-5-7-9-10-11-12-13-14-15-16-17-18-19-20-21-22-23-24-25-26-27-32-36-41(46)47-38(33-29-8-6-4-2)34-30-28-31-35-39(43)42-37-40(44)45/h12-13,15-16,18-19,38H,3-11,14,17,20-37H2,1-2H3,(H,42,43)(H,44,45)/b13-12-,16-15-,19-18-. The molecular formula is C41H73NO5. The molecule has 6 nitrogen and oxygen atoms in total. The molecule has 0 radical (unpaired) electrons. The fourth-order valence-corrected chi connectivity index (χ4v) is 5.64. The van der Waals surface area contributed by atoms with Crippen LogP contribution < -0.4 is 5.32 Å². The minimum absolute atomic E-state index is 0.0338. The van der Waals surface area contributed by atoms with Crippen molar-refractivity contribution in [2.75, 3.05) is 6.54 Å². The number of ether oxygens (including phenoxy) is 1. The summed E-state index contributed by atoms with van der Waals surface area (Å²) >= 11 is 0. The molecule has 0 fully saturated rings. The second-order valence-corrected chi connectivity index (χ2v) is 13.2. The monoisotopic (exact) mass is 660 g/mol. The molecule has 1 amide bonds. The SMILES string of the molecule is CCCCCCC/C=C\C/C=C\C/C=C\CCCCCCCCCCC(=O)OC(CCCCCC)CCCCCC(=O)NCC(=O)O. The molecule has 0 rings (SSSR count). The molecule has 0 aromatic rings. The first-order valence-corrected chi connectivity index (χ1v) is 19.6. The molecule has 0 spiro atoms. The van der Waals surface area contributed by atoms with E-state index >= 15 is 0 Å². The van der Waals surface area contributed by atoms with E-state index in [0.717, 1.165) is 57.8 Å². The molecule has 0 bridgehead atoms. The topological polar surface area (TPSA) is 92.7 Å². The number of carbonyl (C=O) groups excluding carboxylic acids is 2. The van der Waals surface area contributed by atoms with E-state index < -0.39 is 5.97 Å². The molecule has 2 N–H and O–H groups in total. The van der Waals surface area contributed by atoms with Crippen molar-refractivity contribution in [3.8, 4) is 0 Å². The molecule has 0 aliphatic heterocycles. The average Bonchev–Trinajstić information content (AvgIpc) is 3.05. The predicted molar refractivity (Wildman–Crippen MR) is 199 cm³/mol. The maximum absolute atomic E-state index is 12.5. The Morgan fingerprint density at radius 3 is 1.51 bits per heavy atom. The van der Waals surface area contributed by atoms with E-state index in [1.807, 2.05) is 0 Å². The molecule has 0 aromatic heterocycles. The van der Waals surface area contributed by atoms with Gasteiger partial charge in [0.15, 0.2) is 0 Å². The van der Waals surface area contributed by atoms with Gasteiger partial charge in [0.25, 0.3) is 0 Å². The largest absolute Gasteiger partial charge is 0.480 e. The lowest BCUT2D eigenvalue weighted by molar-refractivity contribution is -0.150. The first kappa shape index (κ1) is 44.6. The third kappa shape index (κ3) is 36.3. The number of rotatable bonds is 35. The number of nitrogens with one attached hydrogen (secondary N) is 1. The van der Waals surface area contributed by atoms with Crippen LogP contribution in [0, 0.1) is 0 Å². The van der Waals surface area contributed by atoms with Crippen molar-refractivity contribution in [3.05, 3.63) is 36.5 Å². The van der Waals surface area contributed by atoms with Crippen LogP contribution in [0.15, 0.2) is 36.5 Å². The molecule has 0 aliphatic rings. The molecule has 272 valence electrons. The second-order valence-electron chi connectivity index (χ2n) is 13.2. The highest BCUT2D eigenvalue weighted by atomic mass is 16.5. The Kier molecular flexibility index (Phi) is 34.6. The van der Waals surface area contributed by atoms with E-state index in [0.29, 0.717) is 19.3 Å². The van der Waals surface area contributed by atoms with E-state index in [1.165, 1.54) is 103 Å². The van der Waals surface area contributed by atoms with E-state index in [2.05, 4.69) is 55.6 Å². The van der Waals surface area contributed by atoms with Gasteiger partial charge in [-0.3, -0.25) is 14.4 Å². The smallest absolute Gasteiger partial charge is 0.322 e. The zero-order chi connectivity index (χ0) is 34.5. The number of allylic oxidation sites excluding steroid dienone is 6. The summed E-state index contributed by atoms with van der Waals surface area (Å²) in [6.45, 7) is 4.13. The lowest BCUT2D eigenvalue weighted by Crippen LogP contribution is -2.28. The third-order valence-electron chi connectivity index (χ3n) is 8.56. The molecule has 6 heteroatoms. The zero-order valence-electron chi connectivity index (χ0n) is 30.6. The van der Waals surface area contributed by atoms with Gasteiger partial charge in [-0.2, -0.15) is 0 Å². The van der Waals surface area contributed by atoms with E-state index in [-0.39, 0.29) is 24.5 Å². The number of hydrogen-bond donors (Lipinski definition) is 2. The Bertz CT molecular complexity index is 819. The van der Waals surface area contributed by atoms with Crippen LogP contribution in [0.25, 0.3) is 0 Å². The van der Waals surface area contributed by atoms with Crippen LogP contribution >= 0.6 is 0 Å². The van der Waals surface area contributed by atoms with Gasteiger partial charge in [0.1, 0.15) is 12.6 Å². The normalized spacial score (nSPS) is 12.4. The second kappa shape index (κ2) is 36.5. The summed E-state index contributed by atoms with van der Waals surface area (Å²) in [4.78, 5) is 34.7. The number of hydrogen-bond acceptors (Lipinski definition) is 4. The molecular weight excluding hydrogens is 586 g/mol. The maximum atomic E-state index is 12.5. The molecule has 0 heterocycles. The van der Waals surface area contributed by atoms with Crippen LogP contribution in [0.3, 0.4) is 0 Å². The van der Waals surface area contributed by atoms with Crippen molar-refractivity contribution < 1.29 is 24.2 Å². The van der Waals surface area contributed by atoms with Crippen LogP contribution in [-0.2, 0) is 19.1 Å². The van der Waals surface area contributed by atoms with Crippen LogP contribution in [0.1, 0.15) is 194 Å². The summed E-state index contributed by atoms with van der Waals surface area (Å²) in [6, 6.07) is 0. The average molecular weight is 660 g/mol. The fraction of sp³-hybridized carbons (Fsp3) is 0.780. The quantitative estimate of drug-likeness (QED) is 0.0401. The van der Waals surface area contributed by atoms with Crippen LogP contribution in [-0.4, -0.2) is 35.6 Å². The van der Waals surface area contributed by atoms with Crippen molar-refractivity contribution in [2.45, 2.75) is 200 Å². The Morgan fingerprint density at radius 1 is 0.553 bits per heavy atom. The van der Waals surface area contributed by atoms with Crippen LogP contribution in [0.5, 0.6) is 0 Å². The first-order chi connectivity index (χ1) is 23.0.